The molecule has 22 heavy (non-hydrogen) atoms. The van der Waals surface area contributed by atoms with Crippen molar-refractivity contribution in [3.63, 3.8) is 0 Å². The van der Waals surface area contributed by atoms with E-state index in [4.69, 9.17) is 4.42 Å². The third-order valence-corrected chi connectivity index (χ3v) is 2.49. The van der Waals surface area contributed by atoms with E-state index in [0.29, 0.717) is 0 Å². The smallest absolute Gasteiger partial charge is 0.400 e. The van der Waals surface area contributed by atoms with Gasteiger partial charge in [0.05, 0.1) is 17.2 Å². The molecule has 1 N–H and O–H groups in total. The number of non-ortho nitro benzene ring substituents is 1. The molecule has 1 aromatic carbocycles. The van der Waals surface area contributed by atoms with Crippen molar-refractivity contribution >= 4 is 23.7 Å². The molecule has 0 aliphatic carbocycles. The van der Waals surface area contributed by atoms with Gasteiger partial charge in [0.1, 0.15) is 4.92 Å². The number of rotatable bonds is 5. The van der Waals surface area contributed by atoms with Crippen molar-refractivity contribution in [2.75, 3.05) is 0 Å². The molecule has 0 atom stereocenters. The SMILES string of the molecule is O=C(N/N=C/c1ccc([N+](=O)[O-])o1)c1ccc([N+](=O)[O-])cc1. The Morgan fingerprint density at radius 3 is 2.32 bits per heavy atom. The predicted octanol–water partition coefficient (Wildman–Crippen LogP) is 1.86. The minimum absolute atomic E-state index is 0.0932. The number of hydrogen-bond acceptors (Lipinski definition) is 7. The molecule has 2 aromatic rings. The van der Waals surface area contributed by atoms with Crippen LogP contribution in [0.3, 0.4) is 0 Å². The predicted molar refractivity (Wildman–Crippen MR) is 73.5 cm³/mol. The van der Waals surface area contributed by atoms with E-state index in [1.807, 2.05) is 0 Å². The summed E-state index contributed by atoms with van der Waals surface area (Å²) in [6, 6.07) is 7.41. The van der Waals surface area contributed by atoms with Crippen LogP contribution >= 0.6 is 0 Å². The van der Waals surface area contributed by atoms with Crippen molar-refractivity contribution in [1.82, 2.24) is 5.43 Å². The Kier molecular flexibility index (Phi) is 4.22. The largest absolute Gasteiger partial charge is 0.433 e. The number of hydrogen-bond donors (Lipinski definition) is 1. The zero-order chi connectivity index (χ0) is 16.1. The van der Waals surface area contributed by atoms with Gasteiger partial charge in [-0.1, -0.05) is 0 Å². The number of nitrogens with one attached hydrogen (secondary N) is 1. The van der Waals surface area contributed by atoms with E-state index in [1.54, 1.807) is 0 Å². The maximum absolute atomic E-state index is 11.7. The summed E-state index contributed by atoms with van der Waals surface area (Å²) in [5, 5.41) is 24.5. The second kappa shape index (κ2) is 6.26. The Balaban J connectivity index is 1.98. The van der Waals surface area contributed by atoms with Crippen LogP contribution < -0.4 is 5.43 Å². The maximum Gasteiger partial charge on any atom is 0.433 e. The number of carbonyl (C=O) groups excluding carboxylic acids is 1. The fraction of sp³-hybridized carbons (Fsp3) is 0. The summed E-state index contributed by atoms with van der Waals surface area (Å²) in [6.07, 6.45) is 1.09. The Bertz CT molecular complexity index is 749. The molecular weight excluding hydrogens is 296 g/mol. The third-order valence-electron chi connectivity index (χ3n) is 2.49. The van der Waals surface area contributed by atoms with E-state index in [2.05, 4.69) is 10.5 Å². The van der Waals surface area contributed by atoms with Gasteiger partial charge in [0, 0.05) is 17.7 Å². The number of nitrogens with zero attached hydrogens (tertiary/aromatic N) is 3. The van der Waals surface area contributed by atoms with Crippen LogP contribution in [0.5, 0.6) is 0 Å². The van der Waals surface area contributed by atoms with Gasteiger partial charge in [-0.25, -0.2) is 5.43 Å². The normalized spacial score (nSPS) is 10.5. The highest BCUT2D eigenvalue weighted by Crippen LogP contribution is 2.14. The Hall–Kier alpha value is -3.56. The highest BCUT2D eigenvalue weighted by atomic mass is 16.6. The molecule has 1 heterocycles. The van der Waals surface area contributed by atoms with Gasteiger partial charge in [0.25, 0.3) is 11.6 Å². The molecule has 0 aliphatic heterocycles. The number of amides is 1. The van der Waals surface area contributed by atoms with E-state index in [9.17, 15) is 25.0 Å². The molecule has 0 saturated heterocycles. The van der Waals surface area contributed by atoms with E-state index in [0.717, 1.165) is 12.3 Å². The van der Waals surface area contributed by atoms with Gasteiger partial charge in [-0.3, -0.25) is 25.0 Å². The molecule has 0 radical (unpaired) electrons. The van der Waals surface area contributed by atoms with Crippen molar-refractivity contribution in [3.8, 4) is 0 Å². The first-order chi connectivity index (χ1) is 10.5. The molecule has 10 nitrogen and oxygen atoms in total. The molecule has 112 valence electrons. The summed E-state index contributed by atoms with van der Waals surface area (Å²) in [6.45, 7) is 0. The Morgan fingerprint density at radius 2 is 1.77 bits per heavy atom. The monoisotopic (exact) mass is 304 g/mol. The number of nitro benzene ring substituents is 1. The lowest BCUT2D eigenvalue weighted by atomic mass is 10.2. The van der Waals surface area contributed by atoms with Crippen molar-refractivity contribution in [2.24, 2.45) is 5.10 Å². The zero-order valence-electron chi connectivity index (χ0n) is 10.8. The summed E-state index contributed by atoms with van der Waals surface area (Å²) in [4.78, 5) is 31.3. The molecule has 1 aromatic heterocycles. The van der Waals surface area contributed by atoms with Crippen LogP contribution in [0.2, 0.25) is 0 Å². The summed E-state index contributed by atoms with van der Waals surface area (Å²) < 4.78 is 4.80. The lowest BCUT2D eigenvalue weighted by Crippen LogP contribution is -2.17. The summed E-state index contributed by atoms with van der Waals surface area (Å²) in [5.41, 5.74) is 2.20. The molecule has 0 spiro atoms. The van der Waals surface area contributed by atoms with Gasteiger partial charge in [0.2, 0.25) is 0 Å². The molecule has 10 heteroatoms. The second-order valence-electron chi connectivity index (χ2n) is 3.94. The van der Waals surface area contributed by atoms with Crippen molar-refractivity contribution in [1.29, 1.82) is 0 Å². The molecule has 1 amide bonds. The first kappa shape index (κ1) is 14.8. The van der Waals surface area contributed by atoms with Gasteiger partial charge >= 0.3 is 5.88 Å². The fourth-order valence-electron chi connectivity index (χ4n) is 1.46. The van der Waals surface area contributed by atoms with Crippen molar-refractivity contribution in [2.45, 2.75) is 0 Å². The average molecular weight is 304 g/mol. The van der Waals surface area contributed by atoms with Gasteiger partial charge < -0.3 is 4.42 Å². The van der Waals surface area contributed by atoms with Gasteiger partial charge in [-0.15, -0.1) is 0 Å². The molecular formula is C12H8N4O6. The van der Waals surface area contributed by atoms with Gasteiger partial charge in [0.15, 0.2) is 5.76 Å². The van der Waals surface area contributed by atoms with Gasteiger partial charge in [-0.2, -0.15) is 5.10 Å². The summed E-state index contributed by atoms with van der Waals surface area (Å²) in [7, 11) is 0. The average Bonchev–Trinajstić information content (AvgIpc) is 2.96. The van der Waals surface area contributed by atoms with Crippen molar-refractivity contribution < 1.29 is 19.1 Å². The van der Waals surface area contributed by atoms with E-state index >= 15 is 0 Å². The molecule has 0 fully saturated rings. The second-order valence-corrected chi connectivity index (χ2v) is 3.94. The number of benzene rings is 1. The standard InChI is InChI=1S/C12H8N4O6/c17-12(8-1-3-9(4-2-8)15(18)19)14-13-7-10-5-6-11(22-10)16(20)21/h1-7H,(H,14,17)/b13-7+. The molecule has 0 bridgehead atoms. The number of nitro groups is 2. The van der Waals surface area contributed by atoms with Crippen LogP contribution in [-0.2, 0) is 0 Å². The van der Waals surface area contributed by atoms with Crippen LogP contribution in [0.25, 0.3) is 0 Å². The number of hydrazone groups is 1. The first-order valence-corrected chi connectivity index (χ1v) is 5.79. The van der Waals surface area contributed by atoms with Crippen LogP contribution in [0.1, 0.15) is 16.1 Å². The van der Waals surface area contributed by atoms with E-state index < -0.39 is 21.6 Å². The molecule has 0 unspecified atom stereocenters. The Morgan fingerprint density at radius 1 is 1.09 bits per heavy atom. The topological polar surface area (TPSA) is 141 Å². The van der Waals surface area contributed by atoms with E-state index in [1.165, 1.54) is 30.3 Å². The minimum atomic E-state index is -0.702. The maximum atomic E-state index is 11.7. The lowest BCUT2D eigenvalue weighted by Gasteiger charge is -1.98. The van der Waals surface area contributed by atoms with Crippen LogP contribution in [-0.4, -0.2) is 22.0 Å². The molecule has 2 rings (SSSR count). The fourth-order valence-corrected chi connectivity index (χ4v) is 1.46. The molecule has 0 saturated carbocycles. The Labute approximate surface area is 122 Å². The first-order valence-electron chi connectivity index (χ1n) is 5.79. The van der Waals surface area contributed by atoms with Gasteiger partial charge in [-0.05, 0) is 18.2 Å². The third kappa shape index (κ3) is 3.50. The number of furan rings is 1. The van der Waals surface area contributed by atoms with Crippen LogP contribution in [0.15, 0.2) is 45.9 Å². The van der Waals surface area contributed by atoms with Crippen LogP contribution in [0, 0.1) is 20.2 Å². The zero-order valence-corrected chi connectivity index (χ0v) is 10.8. The van der Waals surface area contributed by atoms with Crippen LogP contribution in [0.4, 0.5) is 11.6 Å². The van der Waals surface area contributed by atoms with Crippen molar-refractivity contribution in [3.05, 3.63) is 68.0 Å². The highest BCUT2D eigenvalue weighted by Gasteiger charge is 2.11. The quantitative estimate of drug-likeness (QED) is 0.507. The lowest BCUT2D eigenvalue weighted by molar-refractivity contribution is -0.402. The molecule has 0 aliphatic rings. The summed E-state index contributed by atoms with van der Waals surface area (Å²) in [5.74, 6) is -0.939. The minimum Gasteiger partial charge on any atom is -0.400 e. The highest BCUT2D eigenvalue weighted by molar-refractivity contribution is 5.94. The number of carbonyl (C=O) groups is 1. The van der Waals surface area contributed by atoms with E-state index in [-0.39, 0.29) is 17.0 Å². The summed E-state index contributed by atoms with van der Waals surface area (Å²) >= 11 is 0.